The Bertz CT molecular complexity index is 1180. The number of nitrogens with one attached hydrogen (secondary N) is 2. The summed E-state index contributed by atoms with van der Waals surface area (Å²) in [5.41, 5.74) is 5.12. The molecule has 0 spiro atoms. The van der Waals surface area contributed by atoms with Gasteiger partial charge in [-0.3, -0.25) is 4.79 Å². The minimum absolute atomic E-state index is 0.0537. The average molecular weight is 478 g/mol. The molecule has 3 aromatic carbocycles. The van der Waals surface area contributed by atoms with E-state index in [1.54, 1.807) is 24.3 Å². The number of hydrazone groups is 1. The number of anilines is 1. The summed E-state index contributed by atoms with van der Waals surface area (Å²) in [5, 5.41) is 6.99. The number of ether oxygens (including phenoxy) is 4. The molecule has 0 atom stereocenters. The Morgan fingerprint density at radius 2 is 1.54 bits per heavy atom. The van der Waals surface area contributed by atoms with Crippen molar-refractivity contribution in [1.29, 1.82) is 0 Å². The minimum Gasteiger partial charge on any atom is -0.493 e. The second-order valence-electron chi connectivity index (χ2n) is 7.35. The van der Waals surface area contributed by atoms with Crippen LogP contribution in [0.3, 0.4) is 0 Å². The van der Waals surface area contributed by atoms with E-state index in [0.717, 1.165) is 11.3 Å². The zero-order chi connectivity index (χ0) is 25.2. The van der Waals surface area contributed by atoms with E-state index in [0.29, 0.717) is 22.8 Å². The summed E-state index contributed by atoms with van der Waals surface area (Å²) in [4.78, 5) is 24.9. The zero-order valence-electron chi connectivity index (χ0n) is 20.0. The predicted octanol–water partition coefficient (Wildman–Crippen LogP) is 3.80. The molecule has 3 aromatic rings. The molecule has 9 nitrogen and oxygen atoms in total. The van der Waals surface area contributed by atoms with Crippen molar-refractivity contribution in [3.8, 4) is 23.0 Å². The van der Waals surface area contributed by atoms with Gasteiger partial charge in [0, 0.05) is 11.3 Å². The van der Waals surface area contributed by atoms with Gasteiger partial charge in [-0.2, -0.15) is 5.10 Å². The van der Waals surface area contributed by atoms with Gasteiger partial charge in [0.15, 0.2) is 11.5 Å². The summed E-state index contributed by atoms with van der Waals surface area (Å²) >= 11 is 0. The highest BCUT2D eigenvalue weighted by Gasteiger charge is 2.19. The molecule has 0 saturated carbocycles. The van der Waals surface area contributed by atoms with E-state index in [1.807, 2.05) is 31.2 Å². The number of amides is 1. The Morgan fingerprint density at radius 1 is 0.886 bits per heavy atom. The first kappa shape index (κ1) is 25.1. The number of hydrogen-bond acceptors (Lipinski definition) is 8. The van der Waals surface area contributed by atoms with Crippen LogP contribution >= 0.6 is 0 Å². The third-order valence-corrected chi connectivity index (χ3v) is 4.92. The number of para-hydroxylation sites is 1. The Balaban J connectivity index is 1.65. The molecule has 0 aromatic heterocycles. The van der Waals surface area contributed by atoms with Gasteiger partial charge in [0.2, 0.25) is 5.75 Å². The van der Waals surface area contributed by atoms with Crippen molar-refractivity contribution in [3.05, 3.63) is 77.4 Å². The van der Waals surface area contributed by atoms with Crippen molar-refractivity contribution in [1.82, 2.24) is 5.43 Å². The van der Waals surface area contributed by atoms with E-state index in [1.165, 1.54) is 39.7 Å². The van der Waals surface area contributed by atoms with Crippen molar-refractivity contribution >= 4 is 23.8 Å². The zero-order valence-corrected chi connectivity index (χ0v) is 20.0. The molecule has 0 aliphatic rings. The first-order chi connectivity index (χ1) is 16.9. The van der Waals surface area contributed by atoms with Gasteiger partial charge in [0.25, 0.3) is 5.91 Å². The number of nitrogens with zero attached hydrogens (tertiary/aromatic N) is 1. The van der Waals surface area contributed by atoms with Gasteiger partial charge < -0.3 is 24.3 Å². The van der Waals surface area contributed by atoms with Crippen molar-refractivity contribution in [3.63, 3.8) is 0 Å². The van der Waals surface area contributed by atoms with Crippen LogP contribution in [0.4, 0.5) is 5.69 Å². The monoisotopic (exact) mass is 477 g/mol. The summed E-state index contributed by atoms with van der Waals surface area (Å²) in [6.45, 7) is 2.04. The Morgan fingerprint density at radius 3 is 2.17 bits per heavy atom. The lowest BCUT2D eigenvalue weighted by Crippen LogP contribution is -2.25. The molecule has 1 amide bonds. The van der Waals surface area contributed by atoms with Crippen molar-refractivity contribution in [2.45, 2.75) is 6.92 Å². The van der Waals surface area contributed by atoms with E-state index < -0.39 is 5.97 Å². The quantitative estimate of drug-likeness (QED) is 0.198. The third kappa shape index (κ3) is 6.73. The molecule has 3 rings (SSSR count). The minimum atomic E-state index is -0.628. The number of hydrogen-bond donors (Lipinski definition) is 2. The molecular formula is C26H27N3O6. The lowest BCUT2D eigenvalue weighted by molar-refractivity contribution is -0.119. The van der Waals surface area contributed by atoms with E-state index in [-0.39, 0.29) is 23.8 Å². The highest BCUT2D eigenvalue weighted by atomic mass is 16.5. The Kier molecular flexibility index (Phi) is 8.66. The molecule has 35 heavy (non-hydrogen) atoms. The van der Waals surface area contributed by atoms with E-state index in [4.69, 9.17) is 18.9 Å². The van der Waals surface area contributed by atoms with E-state index in [9.17, 15) is 9.59 Å². The number of aryl methyl sites for hydroxylation is 1. The van der Waals surface area contributed by atoms with E-state index in [2.05, 4.69) is 15.8 Å². The van der Waals surface area contributed by atoms with Crippen LogP contribution in [0.25, 0.3) is 0 Å². The normalized spacial score (nSPS) is 10.5. The van der Waals surface area contributed by atoms with Crippen LogP contribution in [0.2, 0.25) is 0 Å². The van der Waals surface area contributed by atoms with Gasteiger partial charge in [-0.05, 0) is 43.3 Å². The Labute approximate surface area is 203 Å². The number of esters is 1. The van der Waals surface area contributed by atoms with Crippen LogP contribution in [0, 0.1) is 6.92 Å². The molecule has 182 valence electrons. The van der Waals surface area contributed by atoms with Gasteiger partial charge in [-0.25, -0.2) is 10.2 Å². The smallest absolute Gasteiger partial charge is 0.343 e. The number of carbonyl (C=O) groups is 2. The maximum atomic E-state index is 12.8. The first-order valence-electron chi connectivity index (χ1n) is 10.7. The molecule has 0 aliphatic carbocycles. The lowest BCUT2D eigenvalue weighted by atomic mass is 10.1. The standard InChI is InChI=1S/C26H27N3O6/c1-17-9-11-20(12-10-17)27-16-24(30)29-28-15-18-7-5-6-8-21(18)35-26(31)19-13-22(32-2)25(34-4)23(14-19)33-3/h5-15,27H,16H2,1-4H3,(H,29,30)/b28-15+. The molecule has 0 radical (unpaired) electrons. The van der Waals surface area contributed by atoms with Crippen LogP contribution in [0.15, 0.2) is 65.8 Å². The first-order valence-corrected chi connectivity index (χ1v) is 10.7. The molecule has 0 fully saturated rings. The molecular weight excluding hydrogens is 450 g/mol. The van der Waals surface area contributed by atoms with Crippen molar-refractivity contribution < 1.29 is 28.5 Å². The van der Waals surface area contributed by atoms with Gasteiger partial charge in [-0.15, -0.1) is 0 Å². The second kappa shape index (κ2) is 12.1. The maximum absolute atomic E-state index is 12.8. The number of methoxy groups -OCH3 is 3. The predicted molar refractivity (Wildman–Crippen MR) is 133 cm³/mol. The number of benzene rings is 3. The summed E-state index contributed by atoms with van der Waals surface area (Å²) in [6, 6.07) is 17.5. The molecule has 2 N–H and O–H groups in total. The largest absolute Gasteiger partial charge is 0.493 e. The van der Waals surface area contributed by atoms with E-state index >= 15 is 0 Å². The summed E-state index contributed by atoms with van der Waals surface area (Å²) < 4.78 is 21.4. The Hall–Kier alpha value is -4.53. The summed E-state index contributed by atoms with van der Waals surface area (Å²) in [7, 11) is 4.40. The van der Waals surface area contributed by atoms with Crippen LogP contribution < -0.4 is 29.7 Å². The van der Waals surface area contributed by atoms with Crippen LogP contribution in [0.5, 0.6) is 23.0 Å². The van der Waals surface area contributed by atoms with Gasteiger partial charge in [-0.1, -0.05) is 29.8 Å². The molecule has 9 heteroatoms. The molecule has 0 saturated heterocycles. The molecule has 0 bridgehead atoms. The summed E-state index contributed by atoms with van der Waals surface area (Å²) in [6.07, 6.45) is 1.40. The fourth-order valence-corrected chi connectivity index (χ4v) is 3.10. The van der Waals surface area contributed by atoms with Gasteiger partial charge in [0.05, 0.1) is 39.7 Å². The highest BCUT2D eigenvalue weighted by Crippen LogP contribution is 2.38. The fraction of sp³-hybridized carbons (Fsp3) is 0.192. The highest BCUT2D eigenvalue weighted by molar-refractivity contribution is 5.94. The number of rotatable bonds is 10. The summed E-state index contributed by atoms with van der Waals surface area (Å²) in [5.74, 6) is 0.338. The van der Waals surface area contributed by atoms with Gasteiger partial charge in [0.1, 0.15) is 5.75 Å². The topological polar surface area (TPSA) is 107 Å². The SMILES string of the molecule is COc1cc(C(=O)Oc2ccccc2/C=N/NC(=O)CNc2ccc(C)cc2)cc(OC)c1OC. The van der Waals surface area contributed by atoms with Crippen LogP contribution in [-0.4, -0.2) is 46.0 Å². The van der Waals surface area contributed by atoms with Crippen molar-refractivity contribution in [2.75, 3.05) is 33.2 Å². The van der Waals surface area contributed by atoms with Crippen LogP contribution in [0.1, 0.15) is 21.5 Å². The average Bonchev–Trinajstić information content (AvgIpc) is 2.88. The van der Waals surface area contributed by atoms with Crippen molar-refractivity contribution in [2.24, 2.45) is 5.10 Å². The second-order valence-corrected chi connectivity index (χ2v) is 7.35. The number of carbonyl (C=O) groups excluding carboxylic acids is 2. The third-order valence-electron chi connectivity index (χ3n) is 4.92. The lowest BCUT2D eigenvalue weighted by Gasteiger charge is -2.14. The molecule has 0 unspecified atom stereocenters. The fourth-order valence-electron chi connectivity index (χ4n) is 3.10. The molecule has 0 aliphatic heterocycles. The maximum Gasteiger partial charge on any atom is 0.343 e. The van der Waals surface area contributed by atoms with Crippen LogP contribution in [-0.2, 0) is 4.79 Å². The van der Waals surface area contributed by atoms with Gasteiger partial charge >= 0.3 is 5.97 Å². The molecule has 0 heterocycles.